The van der Waals surface area contributed by atoms with Crippen LogP contribution in [0, 0.1) is 0 Å². The van der Waals surface area contributed by atoms with Crippen LogP contribution in [0.5, 0.6) is 23.0 Å². The molecule has 328 valence electrons. The van der Waals surface area contributed by atoms with Gasteiger partial charge in [0.05, 0.1) is 37.4 Å². The minimum absolute atomic E-state index is 0. The normalized spacial score (nSPS) is 11.5. The molecule has 0 aliphatic heterocycles. The maximum atomic E-state index is 13.4. The molecule has 0 saturated carbocycles. The third-order valence-corrected chi connectivity index (χ3v) is 11.5. The fourth-order valence-electron chi connectivity index (χ4n) is 6.10. The largest absolute Gasteiger partial charge is 2.00 e. The van der Waals surface area contributed by atoms with E-state index >= 15 is 0 Å². The molecule has 0 aliphatic rings. The molecule has 0 fully saturated rings. The number of nitrogens with zero attached hydrogens (tertiary/aromatic N) is 4. The van der Waals surface area contributed by atoms with Crippen molar-refractivity contribution in [1.82, 2.24) is 0 Å². The average Bonchev–Trinajstić information content (AvgIpc) is 3.19. The molecule has 19 nitrogen and oxygen atoms in total. The van der Waals surface area contributed by atoms with E-state index in [0.717, 1.165) is 48.5 Å². The van der Waals surface area contributed by atoms with Crippen molar-refractivity contribution in [3.63, 3.8) is 0 Å². The van der Waals surface area contributed by atoms with E-state index in [1.165, 1.54) is 30.3 Å². The van der Waals surface area contributed by atoms with E-state index in [1.54, 1.807) is 30.3 Å². The van der Waals surface area contributed by atoms with Gasteiger partial charge in [-0.1, -0.05) is 83.7 Å². The third-order valence-electron chi connectivity index (χ3n) is 8.92. The second-order valence-electron chi connectivity index (χ2n) is 12.8. The molecule has 27 heteroatoms. The molecule has 0 spiro atoms. The molecular formula is C39H20Cu2N5Na3O14S3. The Bertz CT molecular complexity index is 3410. The first-order chi connectivity index (χ1) is 28.7. The van der Waals surface area contributed by atoms with Crippen LogP contribution in [0.3, 0.4) is 0 Å². The molecule has 0 saturated heterocycles. The Morgan fingerprint density at radius 3 is 1.45 bits per heavy atom. The van der Waals surface area contributed by atoms with Gasteiger partial charge in [0.15, 0.2) is 0 Å². The van der Waals surface area contributed by atoms with Crippen molar-refractivity contribution in [3.8, 4) is 34.1 Å². The summed E-state index contributed by atoms with van der Waals surface area (Å²) >= 11 is 0. The second kappa shape index (κ2) is 23.3. The molecule has 1 N–H and O–H groups in total. The Balaban J connectivity index is 0.00000299. The number of anilines is 1. The number of carbonyl (C=O) groups excluding carboxylic acids is 1. The third kappa shape index (κ3) is 12.9. The fourth-order valence-corrected chi connectivity index (χ4v) is 8.09. The standard InChI is InChI=1S/C39H27N5O14S3.2Cu.3Na/c45-29-16-21(22-10-14-28(30(46)17-22)42-44-36-32(60(53,54)55)18-23-7-4-8-31(59(50,51)52)34(23)38(36)48)9-13-27(29)41-43-35-33(61(56,57)58)19-24-15-25(11-12-26(24)37(35)47)40-39(49)20-5-2-1-3-6-20;;;;;/h1-19,45-48H,(H,40,49)(H,50,51,52)(H,53,54,55)(H,56,57,58);;;;;/q;2*+2;3*+1/p-7. The molecule has 0 aromatic heterocycles. The summed E-state index contributed by atoms with van der Waals surface area (Å²) in [4.78, 5) is 9.36. The monoisotopic (exact) mass is 1070 g/mol. The number of nitrogens with one attached hydrogen (secondary N) is 1. The number of hydrogen-bond donors (Lipinski definition) is 1. The van der Waals surface area contributed by atoms with Crippen LogP contribution < -0.4 is 114 Å². The van der Waals surface area contributed by atoms with Gasteiger partial charge in [0.25, 0.3) is 5.91 Å². The number of amides is 1. The summed E-state index contributed by atoms with van der Waals surface area (Å²) in [6.07, 6.45) is 0. The molecular weight excluding hydrogens is 1050 g/mol. The van der Waals surface area contributed by atoms with E-state index in [0.29, 0.717) is 11.6 Å². The van der Waals surface area contributed by atoms with Gasteiger partial charge < -0.3 is 39.4 Å². The molecule has 7 aromatic rings. The molecule has 0 atom stereocenters. The minimum Gasteiger partial charge on any atom is -0.871 e. The van der Waals surface area contributed by atoms with Crippen molar-refractivity contribution in [2.75, 3.05) is 5.32 Å². The van der Waals surface area contributed by atoms with Crippen molar-refractivity contribution in [2.45, 2.75) is 14.7 Å². The first kappa shape index (κ1) is 58.8. The Labute approximate surface area is 462 Å². The molecule has 66 heavy (non-hydrogen) atoms. The van der Waals surface area contributed by atoms with Crippen LogP contribution in [-0.2, 0) is 64.5 Å². The van der Waals surface area contributed by atoms with Crippen molar-refractivity contribution in [1.29, 1.82) is 0 Å². The number of fused-ring (bicyclic) bond motifs is 2. The summed E-state index contributed by atoms with van der Waals surface area (Å²) in [5.41, 5.74) is -2.20. The molecule has 0 aliphatic carbocycles. The van der Waals surface area contributed by atoms with Gasteiger partial charge in [0.2, 0.25) is 0 Å². The fraction of sp³-hybridized carbons (Fsp3) is 0. The summed E-state index contributed by atoms with van der Waals surface area (Å²) in [6, 6.07) is 23.3. The second-order valence-corrected chi connectivity index (χ2v) is 16.9. The zero-order valence-corrected chi connectivity index (χ0v) is 44.1. The smallest absolute Gasteiger partial charge is 0.871 e. The van der Waals surface area contributed by atoms with Crippen molar-refractivity contribution < 1.29 is 187 Å². The van der Waals surface area contributed by atoms with Crippen LogP contribution in [0.1, 0.15) is 10.4 Å². The van der Waals surface area contributed by atoms with E-state index < -0.39 is 102 Å². The quantitative estimate of drug-likeness (QED) is 0.0771. The number of rotatable bonds is 10. The van der Waals surface area contributed by atoms with Gasteiger partial charge in [-0.3, -0.25) is 4.79 Å². The summed E-state index contributed by atoms with van der Waals surface area (Å²) in [5, 5.41) is 68.6. The molecule has 7 aromatic carbocycles. The van der Waals surface area contributed by atoms with Gasteiger partial charge in [-0.15, -0.1) is 10.2 Å². The Morgan fingerprint density at radius 1 is 0.485 bits per heavy atom. The number of carbonyl (C=O) groups is 1. The SMILES string of the molecule is O=C(Nc1ccc2c([O-])c(N=Nc3ccc(-c4ccc(N=Nc5c(S(=O)(=O)[O-])cc6cccc(S(=O)(=O)[O-])c6c5[O-])c([O-])c4)cc3[O-])c(S(=O)(=O)[O-])cc2c1)c1ccccc1.[Cu+2].[Cu+2].[Na+].[Na+].[Na+]. The van der Waals surface area contributed by atoms with Crippen molar-refractivity contribution in [2.24, 2.45) is 20.5 Å². The number of hydrogen-bond acceptors (Lipinski definition) is 18. The topological polar surface area (TPSA) is 342 Å². The first-order valence-corrected chi connectivity index (χ1v) is 21.2. The van der Waals surface area contributed by atoms with Crippen LogP contribution in [-0.4, -0.2) is 44.8 Å². The van der Waals surface area contributed by atoms with E-state index in [1.807, 2.05) is 0 Å². The van der Waals surface area contributed by atoms with Gasteiger partial charge in [-0.05, 0) is 87.3 Å². The van der Waals surface area contributed by atoms with Gasteiger partial charge in [-0.2, -0.15) is 10.2 Å². The molecule has 1 amide bonds. The summed E-state index contributed by atoms with van der Waals surface area (Å²) in [7, 11) is -16.0. The van der Waals surface area contributed by atoms with Crippen LogP contribution in [0.4, 0.5) is 28.4 Å². The van der Waals surface area contributed by atoms with Crippen LogP contribution in [0.25, 0.3) is 32.7 Å². The van der Waals surface area contributed by atoms with Gasteiger partial charge >= 0.3 is 123 Å². The van der Waals surface area contributed by atoms with E-state index in [2.05, 4.69) is 25.8 Å². The van der Waals surface area contributed by atoms with E-state index in [9.17, 15) is 64.1 Å². The van der Waals surface area contributed by atoms with Crippen LogP contribution in [0.2, 0.25) is 0 Å². The van der Waals surface area contributed by atoms with Gasteiger partial charge in [-0.25, -0.2) is 25.3 Å². The minimum atomic E-state index is -5.43. The molecule has 0 heterocycles. The molecule has 7 rings (SSSR count). The van der Waals surface area contributed by atoms with E-state index in [-0.39, 0.29) is 156 Å². The van der Waals surface area contributed by atoms with Crippen LogP contribution in [0.15, 0.2) is 150 Å². The van der Waals surface area contributed by atoms with Crippen LogP contribution >= 0.6 is 0 Å². The summed E-state index contributed by atoms with van der Waals surface area (Å²) in [6.45, 7) is 0. The Kier molecular flexibility index (Phi) is 20.8. The van der Waals surface area contributed by atoms with Crippen molar-refractivity contribution in [3.05, 3.63) is 121 Å². The summed E-state index contributed by atoms with van der Waals surface area (Å²) in [5.74, 6) is -4.67. The predicted octanol–water partition coefficient (Wildman–Crippen LogP) is -4.24. The van der Waals surface area contributed by atoms with Gasteiger partial charge in [0, 0.05) is 11.3 Å². The Morgan fingerprint density at radius 2 is 0.970 bits per heavy atom. The van der Waals surface area contributed by atoms with Gasteiger partial charge in [0.1, 0.15) is 30.4 Å². The molecule has 2 radical (unpaired) electrons. The zero-order chi connectivity index (χ0) is 44.0. The van der Waals surface area contributed by atoms with E-state index in [4.69, 9.17) is 0 Å². The maximum Gasteiger partial charge on any atom is 2.00 e. The molecule has 0 unspecified atom stereocenters. The Hall–Kier alpha value is -3.30. The predicted molar refractivity (Wildman–Crippen MR) is 204 cm³/mol. The number of azo groups is 2. The first-order valence-electron chi connectivity index (χ1n) is 17.0. The average molecular weight is 1070 g/mol. The molecule has 0 bridgehead atoms. The van der Waals surface area contributed by atoms with Crippen molar-refractivity contribution >= 4 is 86.2 Å². The summed E-state index contributed by atoms with van der Waals surface area (Å²) < 4.78 is 108. The maximum absolute atomic E-state index is 13.4. The number of benzene rings is 7. The zero-order valence-electron chi connectivity index (χ0n) is 33.8.